The average molecular weight is 255 g/mol. The second-order valence-electron chi connectivity index (χ2n) is 4.13. The van der Waals surface area contributed by atoms with Gasteiger partial charge in [0.15, 0.2) is 0 Å². The molecular formula is C12H14FNO2S. The van der Waals surface area contributed by atoms with E-state index in [-0.39, 0.29) is 5.82 Å². The summed E-state index contributed by atoms with van der Waals surface area (Å²) < 4.78 is 12.8. The number of anilines is 1. The summed E-state index contributed by atoms with van der Waals surface area (Å²) in [6.45, 7) is 0. The zero-order chi connectivity index (χ0) is 12.3. The number of nitrogens with one attached hydrogen (secondary N) is 1. The smallest absolute Gasteiger partial charge is 0.329 e. The molecule has 1 fully saturated rings. The van der Waals surface area contributed by atoms with Crippen LogP contribution in [-0.2, 0) is 4.79 Å². The number of rotatable bonds is 3. The summed E-state index contributed by atoms with van der Waals surface area (Å²) in [7, 11) is 0. The molecule has 1 aliphatic rings. The molecule has 1 aliphatic heterocycles. The standard InChI is InChI=1S/C12H14FNO2S/c13-9-1-3-10(4-2-9)14-12(11(15)16)5-7-17-8-6-12/h1-4,14H,5-8H2,(H,15,16). The zero-order valence-corrected chi connectivity index (χ0v) is 10.1. The van der Waals surface area contributed by atoms with Gasteiger partial charge in [-0.25, -0.2) is 9.18 Å². The molecule has 17 heavy (non-hydrogen) atoms. The summed E-state index contributed by atoms with van der Waals surface area (Å²) in [4.78, 5) is 11.4. The van der Waals surface area contributed by atoms with Crippen molar-refractivity contribution in [2.45, 2.75) is 18.4 Å². The third kappa shape index (κ3) is 2.72. The number of carboxylic acids is 1. The molecule has 0 bridgehead atoms. The Balaban J connectivity index is 2.17. The van der Waals surface area contributed by atoms with Crippen LogP contribution >= 0.6 is 11.8 Å². The van der Waals surface area contributed by atoms with Crippen molar-refractivity contribution in [2.75, 3.05) is 16.8 Å². The molecule has 1 aromatic carbocycles. The van der Waals surface area contributed by atoms with Gasteiger partial charge in [-0.3, -0.25) is 0 Å². The van der Waals surface area contributed by atoms with Crippen molar-refractivity contribution in [3.63, 3.8) is 0 Å². The molecule has 92 valence electrons. The van der Waals surface area contributed by atoms with Crippen molar-refractivity contribution in [2.24, 2.45) is 0 Å². The molecule has 1 aromatic rings. The number of carbonyl (C=O) groups is 1. The van der Waals surface area contributed by atoms with E-state index >= 15 is 0 Å². The van der Waals surface area contributed by atoms with Crippen LogP contribution in [-0.4, -0.2) is 28.1 Å². The fraction of sp³-hybridized carbons (Fsp3) is 0.417. The van der Waals surface area contributed by atoms with Crippen molar-refractivity contribution < 1.29 is 14.3 Å². The first-order chi connectivity index (χ1) is 8.12. The van der Waals surface area contributed by atoms with E-state index in [1.54, 1.807) is 23.9 Å². The summed E-state index contributed by atoms with van der Waals surface area (Å²) in [6, 6.07) is 5.80. The molecule has 2 N–H and O–H groups in total. The van der Waals surface area contributed by atoms with Gasteiger partial charge < -0.3 is 10.4 Å². The van der Waals surface area contributed by atoms with Crippen LogP contribution < -0.4 is 5.32 Å². The third-order valence-electron chi connectivity index (χ3n) is 2.98. The molecule has 0 radical (unpaired) electrons. The lowest BCUT2D eigenvalue weighted by molar-refractivity contribution is -0.142. The molecule has 0 saturated carbocycles. The van der Waals surface area contributed by atoms with Gasteiger partial charge in [-0.2, -0.15) is 11.8 Å². The Hall–Kier alpha value is -1.23. The number of aliphatic carboxylic acids is 1. The Morgan fingerprint density at radius 2 is 1.88 bits per heavy atom. The van der Waals surface area contributed by atoms with Crippen LogP contribution in [0.1, 0.15) is 12.8 Å². The molecule has 0 amide bonds. The molecule has 2 rings (SSSR count). The largest absolute Gasteiger partial charge is 0.480 e. The van der Waals surface area contributed by atoms with Crippen molar-refractivity contribution in [1.82, 2.24) is 0 Å². The van der Waals surface area contributed by atoms with Crippen molar-refractivity contribution in [1.29, 1.82) is 0 Å². The van der Waals surface area contributed by atoms with Gasteiger partial charge in [-0.15, -0.1) is 0 Å². The van der Waals surface area contributed by atoms with Crippen LogP contribution in [0.4, 0.5) is 10.1 Å². The lowest BCUT2D eigenvalue weighted by Gasteiger charge is -2.34. The molecule has 0 atom stereocenters. The second-order valence-corrected chi connectivity index (χ2v) is 5.36. The van der Waals surface area contributed by atoms with Crippen LogP contribution in [0.5, 0.6) is 0 Å². The average Bonchev–Trinajstić information content (AvgIpc) is 2.33. The van der Waals surface area contributed by atoms with Crippen molar-refractivity contribution in [3.05, 3.63) is 30.1 Å². The molecule has 5 heteroatoms. The fourth-order valence-electron chi connectivity index (χ4n) is 1.92. The summed E-state index contributed by atoms with van der Waals surface area (Å²) in [5, 5.41) is 12.4. The van der Waals surface area contributed by atoms with E-state index in [0.717, 1.165) is 11.5 Å². The van der Waals surface area contributed by atoms with Gasteiger partial charge in [0.25, 0.3) is 0 Å². The molecule has 0 aromatic heterocycles. The minimum atomic E-state index is -0.900. The van der Waals surface area contributed by atoms with Crippen LogP contribution in [0.2, 0.25) is 0 Å². The SMILES string of the molecule is O=C(O)C1(Nc2ccc(F)cc2)CCSCC1. The highest BCUT2D eigenvalue weighted by Gasteiger charge is 2.39. The number of thioether (sulfide) groups is 1. The van der Waals surface area contributed by atoms with Crippen LogP contribution in [0.15, 0.2) is 24.3 Å². The normalized spacial score (nSPS) is 18.6. The van der Waals surface area contributed by atoms with Gasteiger partial charge in [0.1, 0.15) is 11.4 Å². The van der Waals surface area contributed by atoms with Crippen LogP contribution in [0, 0.1) is 5.82 Å². The van der Waals surface area contributed by atoms with E-state index in [9.17, 15) is 14.3 Å². The Bertz CT molecular complexity index is 401. The van der Waals surface area contributed by atoms with E-state index in [4.69, 9.17) is 0 Å². The topological polar surface area (TPSA) is 49.3 Å². The van der Waals surface area contributed by atoms with Crippen LogP contribution in [0.25, 0.3) is 0 Å². The maximum Gasteiger partial charge on any atom is 0.329 e. The van der Waals surface area contributed by atoms with Gasteiger partial charge in [-0.1, -0.05) is 0 Å². The third-order valence-corrected chi connectivity index (χ3v) is 3.97. The first-order valence-electron chi connectivity index (χ1n) is 5.47. The highest BCUT2D eigenvalue weighted by Crippen LogP contribution is 2.31. The Morgan fingerprint density at radius 3 is 2.41 bits per heavy atom. The van der Waals surface area contributed by atoms with E-state index in [1.807, 2.05) is 0 Å². The maximum atomic E-state index is 12.8. The lowest BCUT2D eigenvalue weighted by atomic mass is 9.92. The van der Waals surface area contributed by atoms with E-state index < -0.39 is 11.5 Å². The van der Waals surface area contributed by atoms with E-state index in [2.05, 4.69) is 5.32 Å². The highest BCUT2D eigenvalue weighted by molar-refractivity contribution is 7.99. The quantitative estimate of drug-likeness (QED) is 0.871. The Kier molecular flexibility index (Phi) is 3.57. The summed E-state index contributed by atoms with van der Waals surface area (Å²) in [6.07, 6.45) is 1.18. The maximum absolute atomic E-state index is 12.8. The first kappa shape index (κ1) is 12.2. The first-order valence-corrected chi connectivity index (χ1v) is 6.63. The molecule has 1 saturated heterocycles. The number of hydrogen-bond acceptors (Lipinski definition) is 3. The zero-order valence-electron chi connectivity index (χ0n) is 9.28. The van der Waals surface area contributed by atoms with E-state index in [1.165, 1.54) is 12.1 Å². The van der Waals surface area contributed by atoms with Crippen LogP contribution in [0.3, 0.4) is 0 Å². The minimum absolute atomic E-state index is 0.320. The minimum Gasteiger partial charge on any atom is -0.480 e. The van der Waals surface area contributed by atoms with Crippen molar-refractivity contribution >= 4 is 23.4 Å². The summed E-state index contributed by atoms with van der Waals surface area (Å²) in [5.74, 6) is 0.516. The Morgan fingerprint density at radius 1 is 1.29 bits per heavy atom. The molecular weight excluding hydrogens is 241 g/mol. The van der Waals surface area contributed by atoms with E-state index in [0.29, 0.717) is 18.5 Å². The van der Waals surface area contributed by atoms with Gasteiger partial charge in [0.2, 0.25) is 0 Å². The number of benzene rings is 1. The predicted molar refractivity (Wildman–Crippen MR) is 66.9 cm³/mol. The van der Waals surface area contributed by atoms with Gasteiger partial charge in [0.05, 0.1) is 0 Å². The van der Waals surface area contributed by atoms with Gasteiger partial charge in [0, 0.05) is 5.69 Å². The number of hydrogen-bond donors (Lipinski definition) is 2. The molecule has 1 heterocycles. The monoisotopic (exact) mass is 255 g/mol. The summed E-state index contributed by atoms with van der Waals surface area (Å²) >= 11 is 1.76. The number of carboxylic acid groups (broad SMARTS) is 1. The Labute approximate surface area is 103 Å². The molecule has 0 spiro atoms. The molecule has 0 unspecified atom stereocenters. The lowest BCUT2D eigenvalue weighted by Crippen LogP contribution is -2.49. The van der Waals surface area contributed by atoms with Crippen molar-refractivity contribution in [3.8, 4) is 0 Å². The highest BCUT2D eigenvalue weighted by atomic mass is 32.2. The second kappa shape index (κ2) is 4.96. The number of halogens is 1. The molecule has 0 aliphatic carbocycles. The fourth-order valence-corrected chi connectivity index (χ4v) is 3.11. The predicted octanol–water partition coefficient (Wildman–Crippen LogP) is 2.59. The molecule has 3 nitrogen and oxygen atoms in total. The summed E-state index contributed by atoms with van der Waals surface area (Å²) in [5.41, 5.74) is -0.246. The van der Waals surface area contributed by atoms with Gasteiger partial charge in [-0.05, 0) is 48.6 Å². The van der Waals surface area contributed by atoms with Gasteiger partial charge >= 0.3 is 5.97 Å².